The first-order chi connectivity index (χ1) is 6.10. The van der Waals surface area contributed by atoms with Crippen molar-refractivity contribution in [3.05, 3.63) is 0 Å². The molecule has 0 aliphatic heterocycles. The number of nitrogens with one attached hydrogen (secondary N) is 3. The molecule has 0 saturated carbocycles. The highest BCUT2D eigenvalue weighted by molar-refractivity contribution is 5.86. The van der Waals surface area contributed by atoms with E-state index in [0.717, 1.165) is 0 Å². The van der Waals surface area contributed by atoms with Crippen molar-refractivity contribution in [2.24, 2.45) is 10.8 Å². The van der Waals surface area contributed by atoms with Crippen molar-refractivity contribution in [1.29, 1.82) is 0 Å². The van der Waals surface area contributed by atoms with E-state index in [4.69, 9.17) is 5.84 Å². The third-order valence-corrected chi connectivity index (χ3v) is 1.23. The maximum atomic E-state index is 11.1. The maximum Gasteiger partial charge on any atom is 0.239 e. The Hall–Kier alpha value is -1.30. The molecule has 0 heterocycles. The summed E-state index contributed by atoms with van der Waals surface area (Å²) >= 11 is 0. The number of amides is 1. The van der Waals surface area contributed by atoms with Gasteiger partial charge in [0, 0.05) is 13.1 Å². The maximum absolute atomic E-state index is 11.1. The van der Waals surface area contributed by atoms with Crippen LogP contribution in [0.4, 0.5) is 0 Å². The standard InChI is InChI=1S/C7H17N5O/c1-5(2)11-6(13)4-10-7(9-3)12-8/h5H,4,8H2,1-3H3,(H,11,13)(H2,9,10,12). The number of rotatable bonds is 3. The fourth-order valence-electron chi connectivity index (χ4n) is 0.732. The van der Waals surface area contributed by atoms with Crippen molar-refractivity contribution >= 4 is 11.9 Å². The lowest BCUT2D eigenvalue weighted by molar-refractivity contribution is -0.120. The summed E-state index contributed by atoms with van der Waals surface area (Å²) in [6.07, 6.45) is 0. The zero-order chi connectivity index (χ0) is 10.3. The van der Waals surface area contributed by atoms with Crippen LogP contribution >= 0.6 is 0 Å². The second kappa shape index (κ2) is 6.24. The fraction of sp³-hybridized carbons (Fsp3) is 0.714. The van der Waals surface area contributed by atoms with Gasteiger partial charge in [-0.3, -0.25) is 15.2 Å². The monoisotopic (exact) mass is 187 g/mol. The molecule has 0 atom stereocenters. The molecule has 1 amide bonds. The number of nitrogens with two attached hydrogens (primary N) is 1. The molecule has 76 valence electrons. The lowest BCUT2D eigenvalue weighted by Gasteiger charge is -2.10. The predicted octanol–water partition coefficient (Wildman–Crippen LogP) is -1.45. The molecule has 0 aromatic heterocycles. The summed E-state index contributed by atoms with van der Waals surface area (Å²) < 4.78 is 0. The van der Waals surface area contributed by atoms with Gasteiger partial charge in [-0.2, -0.15) is 0 Å². The van der Waals surface area contributed by atoms with Gasteiger partial charge in [-0.15, -0.1) is 0 Å². The second-order valence-corrected chi connectivity index (χ2v) is 2.79. The number of hydrazine groups is 1. The van der Waals surface area contributed by atoms with Crippen LogP contribution in [0.25, 0.3) is 0 Å². The van der Waals surface area contributed by atoms with Crippen LogP contribution in [-0.2, 0) is 4.79 Å². The SMILES string of the molecule is CN=C(NN)NCC(=O)NC(C)C. The average Bonchev–Trinajstić information content (AvgIpc) is 2.05. The van der Waals surface area contributed by atoms with E-state index in [9.17, 15) is 4.79 Å². The van der Waals surface area contributed by atoms with Crippen molar-refractivity contribution in [1.82, 2.24) is 16.1 Å². The molecule has 0 spiro atoms. The van der Waals surface area contributed by atoms with Crippen LogP contribution in [0.1, 0.15) is 13.8 Å². The van der Waals surface area contributed by atoms with Crippen LogP contribution < -0.4 is 21.9 Å². The molecule has 0 bridgehead atoms. The first-order valence-corrected chi connectivity index (χ1v) is 4.06. The van der Waals surface area contributed by atoms with Crippen LogP contribution in [0.15, 0.2) is 4.99 Å². The van der Waals surface area contributed by atoms with Crippen molar-refractivity contribution in [2.75, 3.05) is 13.6 Å². The van der Waals surface area contributed by atoms with Gasteiger partial charge in [0.15, 0.2) is 0 Å². The predicted molar refractivity (Wildman–Crippen MR) is 52.0 cm³/mol. The second-order valence-electron chi connectivity index (χ2n) is 2.79. The van der Waals surface area contributed by atoms with Gasteiger partial charge in [0.25, 0.3) is 0 Å². The molecule has 0 saturated heterocycles. The van der Waals surface area contributed by atoms with Crippen LogP contribution in [0, 0.1) is 0 Å². The molecule has 0 radical (unpaired) electrons. The fourth-order valence-corrected chi connectivity index (χ4v) is 0.732. The van der Waals surface area contributed by atoms with Gasteiger partial charge in [-0.25, -0.2) is 5.84 Å². The summed E-state index contributed by atoms with van der Waals surface area (Å²) in [5, 5.41) is 5.45. The van der Waals surface area contributed by atoms with Gasteiger partial charge in [0.2, 0.25) is 11.9 Å². The van der Waals surface area contributed by atoms with Gasteiger partial charge >= 0.3 is 0 Å². The highest BCUT2D eigenvalue weighted by atomic mass is 16.1. The van der Waals surface area contributed by atoms with Gasteiger partial charge in [-0.1, -0.05) is 0 Å². The van der Waals surface area contributed by atoms with E-state index in [1.807, 2.05) is 13.8 Å². The Morgan fingerprint density at radius 1 is 1.54 bits per heavy atom. The molecule has 0 unspecified atom stereocenters. The molecule has 6 heteroatoms. The normalized spacial score (nSPS) is 11.3. The molecule has 0 fully saturated rings. The number of nitrogens with zero attached hydrogens (tertiary/aromatic N) is 1. The van der Waals surface area contributed by atoms with Crippen LogP contribution in [0.3, 0.4) is 0 Å². The van der Waals surface area contributed by atoms with Gasteiger partial charge < -0.3 is 10.6 Å². The number of carbonyl (C=O) groups excluding carboxylic acids is 1. The Labute approximate surface area is 77.9 Å². The molecule has 0 aliphatic carbocycles. The van der Waals surface area contributed by atoms with E-state index >= 15 is 0 Å². The summed E-state index contributed by atoms with van der Waals surface area (Å²) in [7, 11) is 1.57. The van der Waals surface area contributed by atoms with Crippen molar-refractivity contribution in [3.63, 3.8) is 0 Å². The summed E-state index contributed by atoms with van der Waals surface area (Å²) in [6, 6.07) is 0.141. The molecule has 13 heavy (non-hydrogen) atoms. The molecule has 0 aromatic rings. The molecule has 0 aromatic carbocycles. The van der Waals surface area contributed by atoms with Gasteiger partial charge in [0.05, 0.1) is 6.54 Å². The van der Waals surface area contributed by atoms with Crippen LogP contribution in [0.2, 0.25) is 0 Å². The summed E-state index contributed by atoms with van der Waals surface area (Å²) in [5.41, 5.74) is 2.32. The largest absolute Gasteiger partial charge is 0.352 e. The average molecular weight is 187 g/mol. The molecule has 0 aliphatic rings. The quantitative estimate of drug-likeness (QED) is 0.188. The minimum Gasteiger partial charge on any atom is -0.352 e. The number of aliphatic imine (C=N–C) groups is 1. The molecular formula is C7H17N5O. The molecule has 6 nitrogen and oxygen atoms in total. The number of hydrogen-bond donors (Lipinski definition) is 4. The van der Waals surface area contributed by atoms with E-state index in [1.54, 1.807) is 7.05 Å². The Balaban J connectivity index is 3.69. The lowest BCUT2D eigenvalue weighted by atomic mass is 10.4. The summed E-state index contributed by atoms with van der Waals surface area (Å²) in [6.45, 7) is 3.96. The minimum atomic E-state index is -0.0913. The highest BCUT2D eigenvalue weighted by Crippen LogP contribution is 1.75. The Bertz CT molecular complexity index is 189. The molecule has 0 rings (SSSR count). The topological polar surface area (TPSA) is 91.5 Å². The zero-order valence-corrected chi connectivity index (χ0v) is 8.22. The van der Waals surface area contributed by atoms with Crippen LogP contribution in [0.5, 0.6) is 0 Å². The Kier molecular flexibility index (Phi) is 5.62. The molecule has 5 N–H and O–H groups in total. The van der Waals surface area contributed by atoms with E-state index < -0.39 is 0 Å². The number of guanidine groups is 1. The highest BCUT2D eigenvalue weighted by Gasteiger charge is 2.02. The lowest BCUT2D eigenvalue weighted by Crippen LogP contribution is -2.46. The summed E-state index contributed by atoms with van der Waals surface area (Å²) in [4.78, 5) is 14.8. The molecular weight excluding hydrogens is 170 g/mol. The number of hydrogen-bond acceptors (Lipinski definition) is 3. The Morgan fingerprint density at radius 2 is 2.15 bits per heavy atom. The summed E-state index contributed by atoms with van der Waals surface area (Å²) in [5.74, 6) is 5.39. The number of carbonyl (C=O) groups is 1. The van der Waals surface area contributed by atoms with Crippen LogP contribution in [-0.4, -0.2) is 31.5 Å². The van der Waals surface area contributed by atoms with Gasteiger partial charge in [-0.05, 0) is 13.8 Å². The van der Waals surface area contributed by atoms with Gasteiger partial charge in [0.1, 0.15) is 0 Å². The third kappa shape index (κ3) is 5.92. The first kappa shape index (κ1) is 11.7. The van der Waals surface area contributed by atoms with E-state index in [1.165, 1.54) is 0 Å². The minimum absolute atomic E-state index is 0.0913. The Morgan fingerprint density at radius 3 is 2.54 bits per heavy atom. The van der Waals surface area contributed by atoms with Crippen molar-refractivity contribution in [3.8, 4) is 0 Å². The smallest absolute Gasteiger partial charge is 0.239 e. The van der Waals surface area contributed by atoms with E-state index in [2.05, 4.69) is 21.1 Å². The zero-order valence-electron chi connectivity index (χ0n) is 8.22. The van der Waals surface area contributed by atoms with Crippen molar-refractivity contribution in [2.45, 2.75) is 19.9 Å². The van der Waals surface area contributed by atoms with E-state index in [-0.39, 0.29) is 18.5 Å². The van der Waals surface area contributed by atoms with E-state index in [0.29, 0.717) is 5.96 Å². The van der Waals surface area contributed by atoms with Crippen molar-refractivity contribution < 1.29 is 4.79 Å². The third-order valence-electron chi connectivity index (χ3n) is 1.23. The first-order valence-electron chi connectivity index (χ1n) is 4.06.